The van der Waals surface area contributed by atoms with Gasteiger partial charge in [0, 0.05) is 5.41 Å². The average Bonchev–Trinajstić information content (AvgIpc) is 3.00. The molecule has 0 fully saturated rings. The number of fused-ring (bicyclic) bond motifs is 3. The second-order valence-electron chi connectivity index (χ2n) is 9.29. The number of hydrogen-bond donors (Lipinski definition) is 0. The Morgan fingerprint density at radius 3 is 1.67 bits per heavy atom. The molecule has 0 nitrogen and oxygen atoms in total. The van der Waals surface area contributed by atoms with Crippen molar-refractivity contribution in [2.45, 2.75) is 39.0 Å². The summed E-state index contributed by atoms with van der Waals surface area (Å²) >= 11 is 0. The van der Waals surface area contributed by atoms with Gasteiger partial charge in [-0.05, 0) is 68.1 Å². The normalized spacial score (nSPS) is 13.9. The predicted molar refractivity (Wildman–Crippen MR) is 129 cm³/mol. The van der Waals surface area contributed by atoms with Crippen LogP contribution in [-0.4, -0.2) is 0 Å². The van der Waals surface area contributed by atoms with E-state index in [-0.39, 0.29) is 5.41 Å². The van der Waals surface area contributed by atoms with E-state index >= 15 is 0 Å². The molecule has 0 amide bonds. The lowest BCUT2D eigenvalue weighted by Crippen LogP contribution is -2.15. The van der Waals surface area contributed by atoms with E-state index < -0.39 is 0 Å². The van der Waals surface area contributed by atoms with Crippen LogP contribution in [0, 0.1) is 0 Å². The Morgan fingerprint density at radius 1 is 0.533 bits per heavy atom. The maximum atomic E-state index is 2.41. The van der Waals surface area contributed by atoms with E-state index in [1.54, 1.807) is 0 Å². The highest BCUT2D eigenvalue weighted by Gasteiger charge is 2.35. The lowest BCUT2D eigenvalue weighted by Gasteiger charge is -2.22. The quantitative estimate of drug-likeness (QED) is 0.330. The van der Waals surface area contributed by atoms with Crippen molar-refractivity contribution >= 4 is 0 Å². The Balaban J connectivity index is 1.61. The SMILES string of the molecule is CC(C)c1cccc(-c2ccc3c(c2)C(C)(C)c2cc(-c4ccccc4)ccc2-3)c1. The van der Waals surface area contributed by atoms with Gasteiger partial charge in [-0.15, -0.1) is 0 Å². The molecule has 0 saturated carbocycles. The summed E-state index contributed by atoms with van der Waals surface area (Å²) < 4.78 is 0. The largest absolute Gasteiger partial charge is 0.0622 e. The van der Waals surface area contributed by atoms with Gasteiger partial charge in [-0.1, -0.05) is 107 Å². The zero-order valence-electron chi connectivity index (χ0n) is 18.2. The first-order valence-electron chi connectivity index (χ1n) is 10.9. The molecule has 0 aromatic heterocycles. The van der Waals surface area contributed by atoms with Crippen LogP contribution in [0.4, 0.5) is 0 Å². The van der Waals surface area contributed by atoms with Crippen LogP contribution in [0.25, 0.3) is 33.4 Å². The average molecular weight is 389 g/mol. The van der Waals surface area contributed by atoms with Crippen LogP contribution >= 0.6 is 0 Å². The minimum atomic E-state index is -0.0128. The van der Waals surface area contributed by atoms with Crippen molar-refractivity contribution < 1.29 is 0 Å². The van der Waals surface area contributed by atoms with Crippen molar-refractivity contribution in [1.82, 2.24) is 0 Å². The summed E-state index contributed by atoms with van der Waals surface area (Å²) in [6, 6.07) is 33.7. The summed E-state index contributed by atoms with van der Waals surface area (Å²) in [7, 11) is 0. The van der Waals surface area contributed by atoms with Crippen LogP contribution in [0.3, 0.4) is 0 Å². The van der Waals surface area contributed by atoms with Crippen molar-refractivity contribution in [2.24, 2.45) is 0 Å². The lowest BCUT2D eigenvalue weighted by molar-refractivity contribution is 0.661. The molecule has 0 radical (unpaired) electrons. The van der Waals surface area contributed by atoms with Gasteiger partial charge >= 0.3 is 0 Å². The second-order valence-corrected chi connectivity index (χ2v) is 9.29. The van der Waals surface area contributed by atoms with Crippen molar-refractivity contribution in [3.05, 3.63) is 108 Å². The first-order valence-corrected chi connectivity index (χ1v) is 10.9. The molecule has 0 heteroatoms. The van der Waals surface area contributed by atoms with Crippen LogP contribution < -0.4 is 0 Å². The van der Waals surface area contributed by atoms with Gasteiger partial charge in [0.1, 0.15) is 0 Å². The van der Waals surface area contributed by atoms with Crippen LogP contribution in [0.1, 0.15) is 50.3 Å². The van der Waals surface area contributed by atoms with E-state index in [1.807, 2.05) is 0 Å². The monoisotopic (exact) mass is 388 g/mol. The fourth-order valence-electron chi connectivity index (χ4n) is 4.80. The maximum absolute atomic E-state index is 2.41. The number of benzene rings is 4. The molecule has 0 unspecified atom stereocenters. The van der Waals surface area contributed by atoms with Crippen LogP contribution in [-0.2, 0) is 5.41 Å². The topological polar surface area (TPSA) is 0 Å². The Morgan fingerprint density at radius 2 is 1.07 bits per heavy atom. The maximum Gasteiger partial charge on any atom is 0.0159 e. The summed E-state index contributed by atoms with van der Waals surface area (Å²) in [5.41, 5.74) is 12.2. The molecule has 1 aliphatic carbocycles. The van der Waals surface area contributed by atoms with Gasteiger partial charge in [0.2, 0.25) is 0 Å². The molecule has 0 N–H and O–H groups in total. The highest BCUT2D eigenvalue weighted by molar-refractivity contribution is 5.85. The molecule has 0 heterocycles. The van der Waals surface area contributed by atoms with Gasteiger partial charge in [-0.3, -0.25) is 0 Å². The molecule has 0 spiro atoms. The van der Waals surface area contributed by atoms with E-state index in [0.717, 1.165) is 0 Å². The van der Waals surface area contributed by atoms with Crippen LogP contribution in [0.5, 0.6) is 0 Å². The van der Waals surface area contributed by atoms with Crippen LogP contribution in [0.15, 0.2) is 91.0 Å². The lowest BCUT2D eigenvalue weighted by atomic mass is 9.80. The predicted octanol–water partition coefficient (Wildman–Crippen LogP) is 8.45. The van der Waals surface area contributed by atoms with Gasteiger partial charge in [-0.2, -0.15) is 0 Å². The Bertz CT molecular complexity index is 1230. The van der Waals surface area contributed by atoms with E-state index in [9.17, 15) is 0 Å². The van der Waals surface area contributed by atoms with Crippen molar-refractivity contribution in [2.75, 3.05) is 0 Å². The van der Waals surface area contributed by atoms with Gasteiger partial charge in [-0.25, -0.2) is 0 Å². The summed E-state index contributed by atoms with van der Waals surface area (Å²) in [5, 5.41) is 0. The van der Waals surface area contributed by atoms with E-state index in [4.69, 9.17) is 0 Å². The Kier molecular flexibility index (Phi) is 4.40. The van der Waals surface area contributed by atoms with Crippen molar-refractivity contribution in [3.8, 4) is 33.4 Å². The summed E-state index contributed by atoms with van der Waals surface area (Å²) in [6.07, 6.45) is 0. The number of rotatable bonds is 3. The van der Waals surface area contributed by atoms with E-state index in [0.29, 0.717) is 5.92 Å². The van der Waals surface area contributed by atoms with Gasteiger partial charge in [0.25, 0.3) is 0 Å². The highest BCUT2D eigenvalue weighted by Crippen LogP contribution is 2.50. The molecule has 1 aliphatic rings. The smallest absolute Gasteiger partial charge is 0.0159 e. The minimum absolute atomic E-state index is 0.0128. The molecule has 0 bridgehead atoms. The fourth-order valence-corrected chi connectivity index (χ4v) is 4.80. The molecule has 4 aromatic carbocycles. The van der Waals surface area contributed by atoms with Gasteiger partial charge in [0.05, 0.1) is 0 Å². The van der Waals surface area contributed by atoms with E-state index in [1.165, 1.54) is 50.1 Å². The Hall–Kier alpha value is -3.12. The molecule has 0 aliphatic heterocycles. The van der Waals surface area contributed by atoms with Gasteiger partial charge in [0.15, 0.2) is 0 Å². The molecule has 148 valence electrons. The molecular weight excluding hydrogens is 360 g/mol. The summed E-state index contributed by atoms with van der Waals surface area (Å²) in [6.45, 7) is 9.24. The van der Waals surface area contributed by atoms with E-state index in [2.05, 4.69) is 119 Å². The molecule has 5 rings (SSSR count). The minimum Gasteiger partial charge on any atom is -0.0622 e. The molecule has 4 aromatic rings. The Labute approximate surface area is 180 Å². The van der Waals surface area contributed by atoms with Crippen molar-refractivity contribution in [3.63, 3.8) is 0 Å². The second kappa shape index (κ2) is 6.99. The first kappa shape index (κ1) is 18.9. The third-order valence-electron chi connectivity index (χ3n) is 6.67. The summed E-state index contributed by atoms with van der Waals surface area (Å²) in [5.74, 6) is 0.538. The fraction of sp³-hybridized carbons (Fsp3) is 0.200. The zero-order valence-corrected chi connectivity index (χ0v) is 18.2. The molecular formula is C30H28. The standard InChI is InChI=1S/C30H28/c1-20(2)22-11-8-12-23(17-22)25-14-16-27-26-15-13-24(21-9-6-5-7-10-21)18-28(26)30(3,4)29(27)19-25/h5-20H,1-4H3. The highest BCUT2D eigenvalue weighted by atomic mass is 14.4. The summed E-state index contributed by atoms with van der Waals surface area (Å²) in [4.78, 5) is 0. The van der Waals surface area contributed by atoms with Crippen molar-refractivity contribution in [1.29, 1.82) is 0 Å². The molecule has 0 atom stereocenters. The molecule has 0 saturated heterocycles. The van der Waals surface area contributed by atoms with Gasteiger partial charge < -0.3 is 0 Å². The molecule has 30 heavy (non-hydrogen) atoms. The number of hydrogen-bond acceptors (Lipinski definition) is 0. The third-order valence-corrected chi connectivity index (χ3v) is 6.67. The third kappa shape index (κ3) is 2.99. The van der Waals surface area contributed by atoms with Crippen LogP contribution in [0.2, 0.25) is 0 Å². The zero-order chi connectivity index (χ0) is 20.9. The first-order chi connectivity index (χ1) is 14.4.